The summed E-state index contributed by atoms with van der Waals surface area (Å²) in [6.07, 6.45) is -0.573. The third-order valence-corrected chi connectivity index (χ3v) is 3.01. The maximum Gasteiger partial charge on any atom is 0.336 e. The lowest BCUT2D eigenvalue weighted by Gasteiger charge is -2.54. The first-order valence-corrected chi connectivity index (χ1v) is 4.35. The van der Waals surface area contributed by atoms with Crippen molar-refractivity contribution in [3.05, 3.63) is 0 Å². The monoisotopic (exact) mass is 202 g/mol. The number of carboxylic acids is 1. The molecular formula is C9H14O5. The van der Waals surface area contributed by atoms with Crippen molar-refractivity contribution >= 4 is 11.9 Å². The Labute approximate surface area is 81.7 Å². The van der Waals surface area contributed by atoms with Gasteiger partial charge < -0.3 is 14.9 Å². The standard InChI is InChI=1S/C9H14O5/c1-5(10)14-6-4-9(13,7(11)12)8(6,2)3/h6,13H,4H2,1-3H3,(H,11,12). The number of aliphatic hydroxyl groups is 1. The van der Waals surface area contributed by atoms with Crippen LogP contribution in [-0.4, -0.2) is 33.9 Å². The largest absolute Gasteiger partial charge is 0.479 e. The second-order valence-corrected chi connectivity index (χ2v) is 4.19. The molecule has 1 rings (SSSR count). The maximum atomic E-state index is 10.8. The Morgan fingerprint density at radius 1 is 1.43 bits per heavy atom. The molecule has 0 heterocycles. The van der Waals surface area contributed by atoms with Crippen LogP contribution in [0.4, 0.5) is 0 Å². The van der Waals surface area contributed by atoms with Gasteiger partial charge in [0.15, 0.2) is 5.60 Å². The van der Waals surface area contributed by atoms with E-state index in [-0.39, 0.29) is 6.42 Å². The first kappa shape index (κ1) is 11.0. The number of hydrogen-bond donors (Lipinski definition) is 2. The van der Waals surface area contributed by atoms with Crippen molar-refractivity contribution in [3.63, 3.8) is 0 Å². The van der Waals surface area contributed by atoms with E-state index in [9.17, 15) is 14.7 Å². The van der Waals surface area contributed by atoms with Gasteiger partial charge in [-0.2, -0.15) is 0 Å². The van der Waals surface area contributed by atoms with Crippen LogP contribution in [0.3, 0.4) is 0 Å². The number of carboxylic acid groups (broad SMARTS) is 1. The van der Waals surface area contributed by atoms with Crippen LogP contribution < -0.4 is 0 Å². The third kappa shape index (κ3) is 1.28. The molecule has 0 amide bonds. The van der Waals surface area contributed by atoms with Gasteiger partial charge in [-0.05, 0) is 0 Å². The van der Waals surface area contributed by atoms with E-state index in [1.165, 1.54) is 6.92 Å². The SMILES string of the molecule is CC(=O)OC1CC(O)(C(=O)O)C1(C)C. The van der Waals surface area contributed by atoms with Crippen molar-refractivity contribution in [2.45, 2.75) is 38.9 Å². The van der Waals surface area contributed by atoms with Gasteiger partial charge >= 0.3 is 11.9 Å². The highest BCUT2D eigenvalue weighted by atomic mass is 16.5. The van der Waals surface area contributed by atoms with Crippen molar-refractivity contribution in [1.29, 1.82) is 0 Å². The van der Waals surface area contributed by atoms with Gasteiger partial charge in [-0.25, -0.2) is 4.79 Å². The van der Waals surface area contributed by atoms with Crippen molar-refractivity contribution < 1.29 is 24.5 Å². The molecule has 2 N–H and O–H groups in total. The van der Waals surface area contributed by atoms with Crippen LogP contribution in [0.15, 0.2) is 0 Å². The lowest BCUT2D eigenvalue weighted by Crippen LogP contribution is -2.68. The summed E-state index contributed by atoms with van der Waals surface area (Å²) in [4.78, 5) is 21.4. The molecule has 1 aliphatic carbocycles. The Morgan fingerprint density at radius 3 is 2.21 bits per heavy atom. The van der Waals surface area contributed by atoms with Crippen molar-refractivity contribution in [2.24, 2.45) is 5.41 Å². The fraction of sp³-hybridized carbons (Fsp3) is 0.778. The molecule has 1 aliphatic rings. The maximum absolute atomic E-state index is 10.8. The summed E-state index contributed by atoms with van der Waals surface area (Å²) >= 11 is 0. The molecule has 0 saturated heterocycles. The lowest BCUT2D eigenvalue weighted by molar-refractivity contribution is -0.243. The topological polar surface area (TPSA) is 83.8 Å². The molecule has 0 aromatic rings. The number of carbonyl (C=O) groups excluding carboxylic acids is 1. The van der Waals surface area contributed by atoms with E-state index in [1.807, 2.05) is 0 Å². The lowest BCUT2D eigenvalue weighted by atomic mass is 9.56. The van der Waals surface area contributed by atoms with Crippen LogP contribution >= 0.6 is 0 Å². The molecule has 1 saturated carbocycles. The molecule has 5 nitrogen and oxygen atoms in total. The Morgan fingerprint density at radius 2 is 1.93 bits per heavy atom. The van der Waals surface area contributed by atoms with E-state index in [1.54, 1.807) is 13.8 Å². The summed E-state index contributed by atoms with van der Waals surface area (Å²) in [6.45, 7) is 4.39. The molecule has 0 aromatic carbocycles. The molecule has 0 aromatic heterocycles. The molecule has 0 bridgehead atoms. The fourth-order valence-electron chi connectivity index (χ4n) is 1.67. The first-order chi connectivity index (χ1) is 6.22. The van der Waals surface area contributed by atoms with Gasteiger partial charge in [0, 0.05) is 18.8 Å². The quantitative estimate of drug-likeness (QED) is 0.623. The summed E-state index contributed by atoms with van der Waals surface area (Å²) in [7, 11) is 0. The predicted molar refractivity (Wildman–Crippen MR) is 46.5 cm³/mol. The van der Waals surface area contributed by atoms with E-state index in [0.717, 1.165) is 0 Å². The Kier molecular flexibility index (Phi) is 2.31. The minimum Gasteiger partial charge on any atom is -0.479 e. The number of aliphatic carboxylic acids is 1. The Hall–Kier alpha value is -1.10. The molecule has 2 atom stereocenters. The van der Waals surface area contributed by atoms with Crippen molar-refractivity contribution in [3.8, 4) is 0 Å². The molecule has 5 heteroatoms. The highest BCUT2D eigenvalue weighted by Crippen LogP contribution is 2.51. The van der Waals surface area contributed by atoms with Crippen LogP contribution in [0.25, 0.3) is 0 Å². The summed E-state index contributed by atoms with van der Waals surface area (Å²) in [6, 6.07) is 0. The molecule has 0 aliphatic heterocycles. The average molecular weight is 202 g/mol. The van der Waals surface area contributed by atoms with E-state index in [0.29, 0.717) is 0 Å². The van der Waals surface area contributed by atoms with Crippen LogP contribution in [0.5, 0.6) is 0 Å². The van der Waals surface area contributed by atoms with Crippen molar-refractivity contribution in [1.82, 2.24) is 0 Å². The molecule has 2 unspecified atom stereocenters. The minimum absolute atomic E-state index is 0.0467. The van der Waals surface area contributed by atoms with Crippen LogP contribution in [0.1, 0.15) is 27.2 Å². The molecule has 14 heavy (non-hydrogen) atoms. The van der Waals surface area contributed by atoms with Crippen LogP contribution in [0, 0.1) is 5.41 Å². The van der Waals surface area contributed by atoms with E-state index >= 15 is 0 Å². The zero-order valence-corrected chi connectivity index (χ0v) is 8.40. The summed E-state index contributed by atoms with van der Waals surface area (Å²) in [5.41, 5.74) is -2.72. The average Bonchev–Trinajstić information content (AvgIpc) is 2.02. The van der Waals surface area contributed by atoms with Crippen LogP contribution in [0.2, 0.25) is 0 Å². The second-order valence-electron chi connectivity index (χ2n) is 4.19. The zero-order chi connectivity index (χ0) is 11.1. The zero-order valence-electron chi connectivity index (χ0n) is 8.40. The highest BCUT2D eigenvalue weighted by Gasteiger charge is 2.66. The Balaban J connectivity index is 2.77. The first-order valence-electron chi connectivity index (χ1n) is 4.35. The van der Waals surface area contributed by atoms with Gasteiger partial charge in [-0.15, -0.1) is 0 Å². The smallest absolute Gasteiger partial charge is 0.336 e. The van der Waals surface area contributed by atoms with Crippen LogP contribution in [-0.2, 0) is 14.3 Å². The normalized spacial score (nSPS) is 34.4. The van der Waals surface area contributed by atoms with E-state index < -0.39 is 29.1 Å². The van der Waals surface area contributed by atoms with Gasteiger partial charge in [-0.1, -0.05) is 13.8 Å². The van der Waals surface area contributed by atoms with E-state index in [2.05, 4.69) is 0 Å². The van der Waals surface area contributed by atoms with E-state index in [4.69, 9.17) is 9.84 Å². The number of ether oxygens (including phenoxy) is 1. The fourth-order valence-corrected chi connectivity index (χ4v) is 1.67. The number of esters is 1. The highest BCUT2D eigenvalue weighted by molar-refractivity contribution is 5.80. The van der Waals surface area contributed by atoms with Gasteiger partial charge in [-0.3, -0.25) is 4.79 Å². The summed E-state index contributed by atoms with van der Waals surface area (Å²) in [5, 5.41) is 18.5. The van der Waals surface area contributed by atoms with Gasteiger partial charge in [0.25, 0.3) is 0 Å². The number of hydrogen-bond acceptors (Lipinski definition) is 4. The minimum atomic E-state index is -1.78. The number of rotatable bonds is 2. The summed E-state index contributed by atoms with van der Waals surface area (Å²) in [5.74, 6) is -1.73. The van der Waals surface area contributed by atoms with Gasteiger partial charge in [0.05, 0.1) is 0 Å². The molecule has 0 spiro atoms. The molecule has 0 radical (unpaired) electrons. The van der Waals surface area contributed by atoms with Gasteiger partial charge in [0.1, 0.15) is 6.10 Å². The second kappa shape index (κ2) is 2.95. The number of carbonyl (C=O) groups is 2. The predicted octanol–water partition coefficient (Wildman–Crippen LogP) is 0.164. The van der Waals surface area contributed by atoms with Gasteiger partial charge in [0.2, 0.25) is 0 Å². The molecule has 1 fully saturated rings. The third-order valence-electron chi connectivity index (χ3n) is 3.01. The molecular weight excluding hydrogens is 188 g/mol. The van der Waals surface area contributed by atoms with Crippen molar-refractivity contribution in [2.75, 3.05) is 0 Å². The summed E-state index contributed by atoms with van der Waals surface area (Å²) < 4.78 is 4.88. The Bertz CT molecular complexity index is 283. The molecule has 80 valence electrons.